The van der Waals surface area contributed by atoms with Crippen molar-refractivity contribution in [2.45, 2.75) is 19.9 Å². The van der Waals surface area contributed by atoms with Crippen LogP contribution in [0.4, 0.5) is 0 Å². The number of nitrogens with zero attached hydrogens (tertiary/aromatic N) is 2. The molecule has 0 aliphatic rings. The van der Waals surface area contributed by atoms with Gasteiger partial charge in [0, 0.05) is 12.7 Å². The average Bonchev–Trinajstić information content (AvgIpc) is 2.87. The van der Waals surface area contributed by atoms with Crippen molar-refractivity contribution in [3.63, 3.8) is 0 Å². The summed E-state index contributed by atoms with van der Waals surface area (Å²) in [5.74, 6) is -0.0146. The zero-order valence-corrected chi connectivity index (χ0v) is 10.4. The van der Waals surface area contributed by atoms with E-state index < -0.39 is 0 Å². The number of aryl methyl sites for hydroxylation is 1. The quantitative estimate of drug-likeness (QED) is 0.785. The molecule has 0 bridgehead atoms. The van der Waals surface area contributed by atoms with Crippen molar-refractivity contribution in [1.82, 2.24) is 9.78 Å². The molecule has 5 heteroatoms. The second-order valence-electron chi connectivity index (χ2n) is 3.42. The van der Waals surface area contributed by atoms with Crippen LogP contribution in [0.2, 0.25) is 4.34 Å². The highest BCUT2D eigenvalue weighted by atomic mass is 35.5. The first-order valence-corrected chi connectivity index (χ1v) is 6.22. The number of carbonyl (C=O) groups excluding carboxylic acids is 1. The Morgan fingerprint density at radius 2 is 2.38 bits per heavy atom. The number of thiophene rings is 1. The highest BCUT2D eigenvalue weighted by molar-refractivity contribution is 7.18. The zero-order valence-electron chi connectivity index (χ0n) is 8.81. The number of carbonyl (C=O) groups is 1. The summed E-state index contributed by atoms with van der Waals surface area (Å²) in [4.78, 5) is 12.6. The van der Waals surface area contributed by atoms with Gasteiger partial charge in [0.25, 0.3) is 0 Å². The lowest BCUT2D eigenvalue weighted by Gasteiger charge is -1.95. The van der Waals surface area contributed by atoms with Gasteiger partial charge in [0.2, 0.25) is 5.78 Å². The highest BCUT2D eigenvalue weighted by Gasteiger charge is 2.13. The van der Waals surface area contributed by atoms with E-state index in [1.165, 1.54) is 11.3 Å². The summed E-state index contributed by atoms with van der Waals surface area (Å²) in [6.07, 6.45) is 4.38. The number of hydrogen-bond acceptors (Lipinski definition) is 3. The van der Waals surface area contributed by atoms with E-state index in [1.54, 1.807) is 29.2 Å². The Labute approximate surface area is 103 Å². The molecule has 2 aromatic rings. The van der Waals surface area contributed by atoms with Crippen molar-refractivity contribution >= 4 is 28.7 Å². The Balaban J connectivity index is 2.20. The van der Waals surface area contributed by atoms with Crippen molar-refractivity contribution in [2.75, 3.05) is 0 Å². The van der Waals surface area contributed by atoms with Crippen LogP contribution in [0, 0.1) is 0 Å². The summed E-state index contributed by atoms with van der Waals surface area (Å²) in [5.41, 5.74) is 0.618. The minimum atomic E-state index is -0.0146. The van der Waals surface area contributed by atoms with Gasteiger partial charge in [-0.3, -0.25) is 9.48 Å². The molecular weight excluding hydrogens is 244 g/mol. The molecule has 0 unspecified atom stereocenters. The van der Waals surface area contributed by atoms with Gasteiger partial charge in [-0.1, -0.05) is 18.5 Å². The third-order valence-electron chi connectivity index (χ3n) is 2.15. The molecule has 0 atom stereocenters. The van der Waals surface area contributed by atoms with E-state index in [4.69, 9.17) is 11.6 Å². The van der Waals surface area contributed by atoms with Crippen LogP contribution >= 0.6 is 22.9 Å². The van der Waals surface area contributed by atoms with Crippen molar-refractivity contribution in [1.29, 1.82) is 0 Å². The summed E-state index contributed by atoms with van der Waals surface area (Å²) < 4.78 is 2.41. The second kappa shape index (κ2) is 4.80. The molecule has 0 radical (unpaired) electrons. The minimum absolute atomic E-state index is 0.0146. The van der Waals surface area contributed by atoms with Crippen molar-refractivity contribution in [3.8, 4) is 0 Å². The summed E-state index contributed by atoms with van der Waals surface area (Å²) in [6.45, 7) is 2.90. The van der Waals surface area contributed by atoms with E-state index in [0.29, 0.717) is 14.8 Å². The van der Waals surface area contributed by atoms with E-state index in [2.05, 4.69) is 12.0 Å². The highest BCUT2D eigenvalue weighted by Crippen LogP contribution is 2.23. The SMILES string of the molecule is CCCn1cc(C(=O)c2ccc(Cl)s2)cn1. The third-order valence-corrected chi connectivity index (χ3v) is 3.38. The molecule has 0 saturated heterocycles. The van der Waals surface area contributed by atoms with E-state index >= 15 is 0 Å². The zero-order chi connectivity index (χ0) is 11.5. The lowest BCUT2D eigenvalue weighted by atomic mass is 10.2. The van der Waals surface area contributed by atoms with Crippen molar-refractivity contribution in [3.05, 3.63) is 39.3 Å². The number of hydrogen-bond donors (Lipinski definition) is 0. The molecule has 0 aromatic carbocycles. The summed E-state index contributed by atoms with van der Waals surface area (Å²) in [7, 11) is 0. The van der Waals surface area contributed by atoms with Crippen LogP contribution in [0.1, 0.15) is 28.6 Å². The molecular formula is C11H11ClN2OS. The van der Waals surface area contributed by atoms with Gasteiger partial charge in [0.1, 0.15) is 0 Å². The van der Waals surface area contributed by atoms with Gasteiger partial charge in [0.15, 0.2) is 0 Å². The van der Waals surface area contributed by atoms with E-state index in [9.17, 15) is 4.79 Å². The monoisotopic (exact) mass is 254 g/mol. The smallest absolute Gasteiger partial charge is 0.206 e. The maximum atomic E-state index is 12.0. The summed E-state index contributed by atoms with van der Waals surface area (Å²) in [6, 6.07) is 3.47. The third kappa shape index (κ3) is 2.33. The number of rotatable bonds is 4. The molecule has 0 amide bonds. The Morgan fingerprint density at radius 3 is 3.00 bits per heavy atom. The largest absolute Gasteiger partial charge is 0.288 e. The Hall–Kier alpha value is -1.13. The van der Waals surface area contributed by atoms with E-state index in [-0.39, 0.29) is 5.78 Å². The van der Waals surface area contributed by atoms with Gasteiger partial charge in [-0.05, 0) is 18.6 Å². The molecule has 3 nitrogen and oxygen atoms in total. The standard InChI is InChI=1S/C11H11ClN2OS/c1-2-5-14-7-8(6-13-14)11(15)9-3-4-10(12)16-9/h3-4,6-7H,2,5H2,1H3. The number of ketones is 1. The van der Waals surface area contributed by atoms with Crippen molar-refractivity contribution < 1.29 is 4.79 Å². The van der Waals surface area contributed by atoms with Crippen LogP contribution in [0.3, 0.4) is 0 Å². The molecule has 0 saturated carbocycles. The molecule has 2 heterocycles. The van der Waals surface area contributed by atoms with Crippen molar-refractivity contribution in [2.24, 2.45) is 0 Å². The van der Waals surface area contributed by atoms with Gasteiger partial charge in [0.05, 0.1) is 21.0 Å². The first-order chi connectivity index (χ1) is 7.70. The Morgan fingerprint density at radius 1 is 1.56 bits per heavy atom. The van der Waals surface area contributed by atoms with Crippen LogP contribution in [-0.4, -0.2) is 15.6 Å². The minimum Gasteiger partial charge on any atom is -0.288 e. The number of aromatic nitrogens is 2. The van der Waals surface area contributed by atoms with Crippen LogP contribution in [0.15, 0.2) is 24.5 Å². The lowest BCUT2D eigenvalue weighted by molar-refractivity contribution is 0.104. The molecule has 2 aromatic heterocycles. The van der Waals surface area contributed by atoms with Crippen LogP contribution in [-0.2, 0) is 6.54 Å². The predicted octanol–water partition coefficient (Wildman–Crippen LogP) is 3.24. The molecule has 0 spiro atoms. The summed E-state index contributed by atoms with van der Waals surface area (Å²) in [5, 5.41) is 4.13. The molecule has 2 rings (SSSR count). The fourth-order valence-corrected chi connectivity index (χ4v) is 2.42. The van der Waals surface area contributed by atoms with Gasteiger partial charge in [-0.2, -0.15) is 5.10 Å². The van der Waals surface area contributed by atoms with E-state index in [0.717, 1.165) is 13.0 Å². The molecule has 16 heavy (non-hydrogen) atoms. The molecule has 84 valence electrons. The van der Waals surface area contributed by atoms with Gasteiger partial charge >= 0.3 is 0 Å². The fraction of sp³-hybridized carbons (Fsp3) is 0.273. The van der Waals surface area contributed by atoms with E-state index in [1.807, 2.05) is 0 Å². The molecule has 0 aliphatic carbocycles. The first kappa shape index (κ1) is 11.4. The van der Waals surface area contributed by atoms with Gasteiger partial charge in [-0.15, -0.1) is 11.3 Å². The second-order valence-corrected chi connectivity index (χ2v) is 5.14. The fourth-order valence-electron chi connectivity index (χ4n) is 1.41. The van der Waals surface area contributed by atoms with Gasteiger partial charge in [-0.25, -0.2) is 0 Å². The normalized spacial score (nSPS) is 10.6. The van der Waals surface area contributed by atoms with Gasteiger partial charge < -0.3 is 0 Å². The maximum Gasteiger partial charge on any atom is 0.206 e. The lowest BCUT2D eigenvalue weighted by Crippen LogP contribution is -1.98. The molecule has 0 aliphatic heterocycles. The topological polar surface area (TPSA) is 34.9 Å². The Kier molecular flexibility index (Phi) is 3.41. The predicted molar refractivity (Wildman–Crippen MR) is 65.3 cm³/mol. The maximum absolute atomic E-state index is 12.0. The first-order valence-electron chi connectivity index (χ1n) is 5.03. The van der Waals surface area contributed by atoms with Crippen LogP contribution < -0.4 is 0 Å². The average molecular weight is 255 g/mol. The summed E-state index contributed by atoms with van der Waals surface area (Å²) >= 11 is 7.08. The van der Waals surface area contributed by atoms with Crippen LogP contribution in [0.5, 0.6) is 0 Å². The number of halogens is 1. The van der Waals surface area contributed by atoms with Crippen LogP contribution in [0.25, 0.3) is 0 Å². The molecule has 0 fully saturated rings. The molecule has 0 N–H and O–H groups in total. The Bertz CT molecular complexity index is 504.